The van der Waals surface area contributed by atoms with Crippen molar-refractivity contribution in [3.63, 3.8) is 0 Å². The standard InChI is InChI=1S/C9H11N3/c1-2-3-12-5-8-4-10-7-11-9(8)6-12/h2,4,7H,1,3,5-6H2. The Kier molecular flexibility index (Phi) is 1.87. The third-order valence-corrected chi connectivity index (χ3v) is 2.04. The Morgan fingerprint density at radius 1 is 1.58 bits per heavy atom. The molecule has 0 amide bonds. The first kappa shape index (κ1) is 7.43. The first-order valence-corrected chi connectivity index (χ1v) is 4.01. The van der Waals surface area contributed by atoms with Crippen LogP contribution in [0, 0.1) is 0 Å². The molecule has 0 saturated heterocycles. The Hall–Kier alpha value is -1.22. The van der Waals surface area contributed by atoms with Gasteiger partial charge in [-0.3, -0.25) is 4.90 Å². The van der Waals surface area contributed by atoms with Crippen LogP contribution in [-0.2, 0) is 13.1 Å². The van der Waals surface area contributed by atoms with Gasteiger partial charge in [0.1, 0.15) is 6.33 Å². The summed E-state index contributed by atoms with van der Waals surface area (Å²) in [5.74, 6) is 0. The van der Waals surface area contributed by atoms with E-state index in [-0.39, 0.29) is 0 Å². The number of rotatable bonds is 2. The monoisotopic (exact) mass is 161 g/mol. The fraction of sp³-hybridized carbons (Fsp3) is 0.333. The number of aromatic nitrogens is 2. The molecule has 0 unspecified atom stereocenters. The van der Waals surface area contributed by atoms with E-state index in [2.05, 4.69) is 21.4 Å². The summed E-state index contributed by atoms with van der Waals surface area (Å²) < 4.78 is 0. The van der Waals surface area contributed by atoms with E-state index in [4.69, 9.17) is 0 Å². The zero-order chi connectivity index (χ0) is 8.39. The van der Waals surface area contributed by atoms with Crippen LogP contribution in [0.5, 0.6) is 0 Å². The van der Waals surface area contributed by atoms with Crippen molar-refractivity contribution >= 4 is 0 Å². The molecule has 2 rings (SSSR count). The van der Waals surface area contributed by atoms with Crippen molar-refractivity contribution in [1.82, 2.24) is 14.9 Å². The molecule has 0 spiro atoms. The average Bonchev–Trinajstić information content (AvgIpc) is 2.47. The minimum atomic E-state index is 0.927. The molecule has 2 heterocycles. The van der Waals surface area contributed by atoms with Crippen LogP contribution in [0.1, 0.15) is 11.3 Å². The number of hydrogen-bond donors (Lipinski definition) is 0. The second-order valence-electron chi connectivity index (χ2n) is 2.95. The van der Waals surface area contributed by atoms with Crippen LogP contribution in [0.15, 0.2) is 25.2 Å². The topological polar surface area (TPSA) is 29.0 Å². The van der Waals surface area contributed by atoms with Crippen LogP contribution in [0.4, 0.5) is 0 Å². The predicted molar refractivity (Wildman–Crippen MR) is 46.3 cm³/mol. The maximum Gasteiger partial charge on any atom is 0.115 e. The molecule has 0 saturated carbocycles. The molecule has 0 aliphatic carbocycles. The Labute approximate surface area is 71.8 Å². The van der Waals surface area contributed by atoms with E-state index in [0.29, 0.717) is 0 Å². The largest absolute Gasteiger partial charge is 0.289 e. The maximum atomic E-state index is 4.20. The van der Waals surface area contributed by atoms with Gasteiger partial charge >= 0.3 is 0 Å². The van der Waals surface area contributed by atoms with Gasteiger partial charge in [0.2, 0.25) is 0 Å². The van der Waals surface area contributed by atoms with Crippen LogP contribution in [0.3, 0.4) is 0 Å². The van der Waals surface area contributed by atoms with Gasteiger partial charge in [-0.05, 0) is 0 Å². The van der Waals surface area contributed by atoms with E-state index < -0.39 is 0 Å². The Morgan fingerprint density at radius 2 is 2.50 bits per heavy atom. The summed E-state index contributed by atoms with van der Waals surface area (Å²) in [5, 5.41) is 0. The minimum Gasteiger partial charge on any atom is -0.289 e. The molecule has 3 nitrogen and oxygen atoms in total. The highest BCUT2D eigenvalue weighted by Gasteiger charge is 2.18. The lowest BCUT2D eigenvalue weighted by atomic mass is 10.3. The zero-order valence-corrected chi connectivity index (χ0v) is 6.90. The van der Waals surface area contributed by atoms with E-state index >= 15 is 0 Å². The van der Waals surface area contributed by atoms with Crippen LogP contribution in [0.2, 0.25) is 0 Å². The smallest absolute Gasteiger partial charge is 0.115 e. The summed E-state index contributed by atoms with van der Waals surface area (Å²) in [7, 11) is 0. The molecule has 1 aromatic rings. The van der Waals surface area contributed by atoms with E-state index in [9.17, 15) is 0 Å². The lowest BCUT2D eigenvalue weighted by Gasteiger charge is -2.09. The summed E-state index contributed by atoms with van der Waals surface area (Å²) in [6.45, 7) is 6.53. The van der Waals surface area contributed by atoms with Gasteiger partial charge in [-0.2, -0.15) is 0 Å². The number of fused-ring (bicyclic) bond motifs is 1. The molecular weight excluding hydrogens is 150 g/mol. The van der Waals surface area contributed by atoms with Crippen molar-refractivity contribution in [2.45, 2.75) is 13.1 Å². The Bertz CT molecular complexity index is 271. The van der Waals surface area contributed by atoms with Gasteiger partial charge < -0.3 is 0 Å². The van der Waals surface area contributed by atoms with Crippen molar-refractivity contribution < 1.29 is 0 Å². The molecule has 0 aromatic carbocycles. The fourth-order valence-corrected chi connectivity index (χ4v) is 1.48. The molecule has 1 aromatic heterocycles. The molecule has 0 fully saturated rings. The van der Waals surface area contributed by atoms with Crippen LogP contribution >= 0.6 is 0 Å². The highest BCUT2D eigenvalue weighted by molar-refractivity contribution is 5.20. The predicted octanol–water partition coefficient (Wildman–Crippen LogP) is 0.978. The van der Waals surface area contributed by atoms with Crippen molar-refractivity contribution in [2.24, 2.45) is 0 Å². The molecule has 1 aliphatic rings. The van der Waals surface area contributed by atoms with Gasteiger partial charge in [0.25, 0.3) is 0 Å². The summed E-state index contributed by atoms with van der Waals surface area (Å²) in [6.07, 6.45) is 5.42. The molecule has 12 heavy (non-hydrogen) atoms. The maximum absolute atomic E-state index is 4.20. The van der Waals surface area contributed by atoms with Crippen molar-refractivity contribution in [2.75, 3.05) is 6.54 Å². The van der Waals surface area contributed by atoms with Gasteiger partial charge in [0, 0.05) is 31.4 Å². The highest BCUT2D eigenvalue weighted by Crippen LogP contribution is 2.18. The second kappa shape index (κ2) is 3.03. The molecule has 0 bridgehead atoms. The van der Waals surface area contributed by atoms with Crippen LogP contribution in [-0.4, -0.2) is 21.4 Å². The second-order valence-corrected chi connectivity index (χ2v) is 2.95. The van der Waals surface area contributed by atoms with Crippen molar-refractivity contribution in [1.29, 1.82) is 0 Å². The normalized spacial score (nSPS) is 16.0. The van der Waals surface area contributed by atoms with Gasteiger partial charge in [-0.15, -0.1) is 6.58 Å². The van der Waals surface area contributed by atoms with Crippen LogP contribution < -0.4 is 0 Å². The molecule has 0 atom stereocenters. The van der Waals surface area contributed by atoms with Crippen LogP contribution in [0.25, 0.3) is 0 Å². The highest BCUT2D eigenvalue weighted by atomic mass is 15.2. The summed E-state index contributed by atoms with van der Waals surface area (Å²) >= 11 is 0. The quantitative estimate of drug-likeness (QED) is 0.605. The first-order valence-electron chi connectivity index (χ1n) is 4.01. The molecule has 62 valence electrons. The number of nitrogens with zero attached hydrogens (tertiary/aromatic N) is 3. The zero-order valence-electron chi connectivity index (χ0n) is 6.90. The molecule has 0 N–H and O–H groups in total. The van der Waals surface area contributed by atoms with Gasteiger partial charge in [0.05, 0.1) is 5.69 Å². The SMILES string of the molecule is C=CCN1Cc2cncnc2C1. The summed E-state index contributed by atoms with van der Waals surface area (Å²) in [5.41, 5.74) is 2.41. The molecular formula is C9H11N3. The third-order valence-electron chi connectivity index (χ3n) is 2.04. The molecule has 1 aliphatic heterocycles. The van der Waals surface area contributed by atoms with Crippen molar-refractivity contribution in [3.05, 3.63) is 36.4 Å². The third kappa shape index (κ3) is 1.23. The lowest BCUT2D eigenvalue weighted by Crippen LogP contribution is -2.15. The van der Waals surface area contributed by atoms with E-state index in [1.807, 2.05) is 12.3 Å². The molecule has 3 heteroatoms. The average molecular weight is 161 g/mol. The van der Waals surface area contributed by atoms with E-state index in [1.54, 1.807) is 6.33 Å². The first-order chi connectivity index (χ1) is 5.90. The lowest BCUT2D eigenvalue weighted by molar-refractivity contribution is 0.315. The summed E-state index contributed by atoms with van der Waals surface area (Å²) in [6, 6.07) is 0. The van der Waals surface area contributed by atoms with Gasteiger partial charge in [-0.25, -0.2) is 9.97 Å². The van der Waals surface area contributed by atoms with Crippen molar-refractivity contribution in [3.8, 4) is 0 Å². The number of hydrogen-bond acceptors (Lipinski definition) is 3. The van der Waals surface area contributed by atoms with Gasteiger partial charge in [-0.1, -0.05) is 6.08 Å². The summed E-state index contributed by atoms with van der Waals surface area (Å²) in [4.78, 5) is 10.5. The Balaban J connectivity index is 2.16. The van der Waals surface area contributed by atoms with E-state index in [0.717, 1.165) is 25.3 Å². The fourth-order valence-electron chi connectivity index (χ4n) is 1.48. The van der Waals surface area contributed by atoms with E-state index in [1.165, 1.54) is 5.56 Å². The molecule has 0 radical (unpaired) electrons. The Morgan fingerprint density at radius 3 is 3.25 bits per heavy atom. The van der Waals surface area contributed by atoms with Gasteiger partial charge in [0.15, 0.2) is 0 Å². The minimum absolute atomic E-state index is 0.927.